The summed E-state index contributed by atoms with van der Waals surface area (Å²) in [5.41, 5.74) is 1.89. The van der Waals surface area contributed by atoms with Crippen LogP contribution in [-0.2, 0) is 6.54 Å². The van der Waals surface area contributed by atoms with E-state index in [0.717, 1.165) is 28.2 Å². The van der Waals surface area contributed by atoms with Crippen LogP contribution in [0.5, 0.6) is 5.75 Å². The molecule has 2 aromatic rings. The Balaban J connectivity index is 1.77. The smallest absolute Gasteiger partial charge is 0.137 e. The molecule has 20 heavy (non-hydrogen) atoms. The summed E-state index contributed by atoms with van der Waals surface area (Å²) in [4.78, 5) is 0.758. The van der Waals surface area contributed by atoms with Gasteiger partial charge in [0.25, 0.3) is 0 Å². The van der Waals surface area contributed by atoms with Gasteiger partial charge in [-0.2, -0.15) is 0 Å². The third-order valence-corrected chi connectivity index (χ3v) is 4.72. The number of fused-ring (bicyclic) bond motifs is 1. The summed E-state index contributed by atoms with van der Waals surface area (Å²) in [7, 11) is 0. The van der Waals surface area contributed by atoms with E-state index in [1.807, 2.05) is 18.2 Å². The van der Waals surface area contributed by atoms with Crippen molar-refractivity contribution in [2.24, 2.45) is 0 Å². The van der Waals surface area contributed by atoms with Crippen LogP contribution in [0.4, 0.5) is 4.39 Å². The molecule has 3 rings (SSSR count). The molecule has 0 bridgehead atoms. The second-order valence-corrected chi connectivity index (χ2v) is 5.96. The topological polar surface area (TPSA) is 32.3 Å². The van der Waals surface area contributed by atoms with E-state index in [-0.39, 0.29) is 11.9 Å². The number of hydrogen-bond donors (Lipinski definition) is 2. The second-order valence-electron chi connectivity index (χ2n) is 4.86. The Hall–Kier alpha value is -1.52. The summed E-state index contributed by atoms with van der Waals surface area (Å²) in [6, 6.07) is 12.7. The van der Waals surface area contributed by atoms with Gasteiger partial charge in [-0.15, -0.1) is 11.8 Å². The van der Waals surface area contributed by atoms with Crippen molar-refractivity contribution in [1.82, 2.24) is 5.32 Å². The van der Waals surface area contributed by atoms with E-state index >= 15 is 0 Å². The van der Waals surface area contributed by atoms with Crippen molar-refractivity contribution in [2.45, 2.75) is 23.9 Å². The molecule has 1 aliphatic rings. The minimum atomic E-state index is -0.137. The molecular weight excluding hydrogens is 273 g/mol. The van der Waals surface area contributed by atoms with Crippen LogP contribution in [0.1, 0.15) is 23.6 Å². The average Bonchev–Trinajstić information content (AvgIpc) is 2.47. The van der Waals surface area contributed by atoms with E-state index in [1.54, 1.807) is 30.0 Å². The highest BCUT2D eigenvalue weighted by molar-refractivity contribution is 7.99. The lowest BCUT2D eigenvalue weighted by molar-refractivity contribution is 0.451. The van der Waals surface area contributed by atoms with E-state index in [1.165, 1.54) is 6.07 Å². The quantitative estimate of drug-likeness (QED) is 0.900. The lowest BCUT2D eigenvalue weighted by atomic mass is 10.0. The summed E-state index contributed by atoms with van der Waals surface area (Å²) >= 11 is 1.58. The van der Waals surface area contributed by atoms with Crippen LogP contribution in [0, 0.1) is 5.82 Å². The van der Waals surface area contributed by atoms with Gasteiger partial charge >= 0.3 is 0 Å². The molecule has 0 saturated heterocycles. The first kappa shape index (κ1) is 13.5. The lowest BCUT2D eigenvalue weighted by Gasteiger charge is -2.26. The fourth-order valence-electron chi connectivity index (χ4n) is 2.49. The Bertz CT molecular complexity index is 617. The van der Waals surface area contributed by atoms with Gasteiger partial charge in [0.1, 0.15) is 11.6 Å². The highest BCUT2D eigenvalue weighted by atomic mass is 32.2. The number of para-hydroxylation sites is 1. The number of aromatic hydroxyl groups is 1. The molecule has 1 heterocycles. The maximum atomic E-state index is 13.8. The predicted molar refractivity (Wildman–Crippen MR) is 79.4 cm³/mol. The van der Waals surface area contributed by atoms with Gasteiger partial charge in [0, 0.05) is 23.0 Å². The molecule has 0 spiro atoms. The van der Waals surface area contributed by atoms with Gasteiger partial charge in [-0.25, -0.2) is 4.39 Å². The molecular formula is C16H16FNOS. The molecule has 4 heteroatoms. The molecule has 2 aromatic carbocycles. The molecule has 0 radical (unpaired) electrons. The zero-order valence-corrected chi connectivity index (χ0v) is 11.8. The molecule has 1 unspecified atom stereocenters. The molecule has 0 aliphatic carbocycles. The van der Waals surface area contributed by atoms with Crippen LogP contribution in [0.25, 0.3) is 0 Å². The minimum Gasteiger partial charge on any atom is -0.508 e. The molecule has 2 N–H and O–H groups in total. The van der Waals surface area contributed by atoms with Crippen LogP contribution < -0.4 is 5.32 Å². The number of halogens is 1. The molecule has 1 atom stereocenters. The minimum absolute atomic E-state index is 0.137. The second kappa shape index (κ2) is 5.85. The normalized spacial score (nSPS) is 17.8. The average molecular weight is 289 g/mol. The van der Waals surface area contributed by atoms with Crippen molar-refractivity contribution in [1.29, 1.82) is 0 Å². The molecule has 1 aliphatic heterocycles. The van der Waals surface area contributed by atoms with E-state index in [2.05, 4.69) is 5.32 Å². The number of thioether (sulfide) groups is 1. The van der Waals surface area contributed by atoms with Gasteiger partial charge in [0.15, 0.2) is 0 Å². The third kappa shape index (κ3) is 2.67. The van der Waals surface area contributed by atoms with Crippen LogP contribution in [0.3, 0.4) is 0 Å². The van der Waals surface area contributed by atoms with Crippen molar-refractivity contribution in [3.63, 3.8) is 0 Å². The highest BCUT2D eigenvalue weighted by Gasteiger charge is 2.22. The predicted octanol–water partition coefficient (Wildman–Crippen LogP) is 3.86. The van der Waals surface area contributed by atoms with Crippen LogP contribution in [0.15, 0.2) is 47.4 Å². The fourth-order valence-corrected chi connectivity index (χ4v) is 3.63. The first-order valence-corrected chi connectivity index (χ1v) is 7.66. The molecule has 2 nitrogen and oxygen atoms in total. The Morgan fingerprint density at radius 1 is 1.20 bits per heavy atom. The fraction of sp³-hybridized carbons (Fsp3) is 0.250. The molecule has 0 amide bonds. The van der Waals surface area contributed by atoms with E-state index < -0.39 is 0 Å². The zero-order valence-electron chi connectivity index (χ0n) is 11.0. The summed E-state index contributed by atoms with van der Waals surface area (Å²) in [5, 5.41) is 13.2. The van der Waals surface area contributed by atoms with Gasteiger partial charge in [0.2, 0.25) is 0 Å². The monoisotopic (exact) mass is 289 g/mol. The molecule has 0 fully saturated rings. The van der Waals surface area contributed by atoms with Crippen LogP contribution >= 0.6 is 11.8 Å². The Morgan fingerprint density at radius 3 is 2.90 bits per heavy atom. The van der Waals surface area contributed by atoms with Crippen molar-refractivity contribution in [3.8, 4) is 5.75 Å². The third-order valence-electron chi connectivity index (χ3n) is 3.56. The van der Waals surface area contributed by atoms with Crippen LogP contribution in [-0.4, -0.2) is 10.9 Å². The number of nitrogens with one attached hydrogen (secondary N) is 1. The van der Waals surface area contributed by atoms with Gasteiger partial charge in [0.05, 0.1) is 0 Å². The zero-order chi connectivity index (χ0) is 13.9. The standard InChI is InChI=1S/C16H16FNOS/c17-13-6-3-5-12-14(8-9-20-16(12)13)18-10-11-4-1-2-7-15(11)19/h1-7,14,18-19H,8-10H2. The van der Waals surface area contributed by atoms with Crippen molar-refractivity contribution in [2.75, 3.05) is 5.75 Å². The SMILES string of the molecule is Oc1ccccc1CNC1CCSc2c(F)cccc21. The lowest BCUT2D eigenvalue weighted by Crippen LogP contribution is -2.24. The highest BCUT2D eigenvalue weighted by Crippen LogP contribution is 2.37. The number of hydrogen-bond acceptors (Lipinski definition) is 3. The summed E-state index contributed by atoms with van der Waals surface area (Å²) in [6.45, 7) is 0.581. The van der Waals surface area contributed by atoms with E-state index in [9.17, 15) is 9.50 Å². The Kier molecular flexibility index (Phi) is 3.94. The van der Waals surface area contributed by atoms with Crippen molar-refractivity contribution < 1.29 is 9.50 Å². The number of benzene rings is 2. The first-order valence-electron chi connectivity index (χ1n) is 6.67. The van der Waals surface area contributed by atoms with Crippen molar-refractivity contribution in [3.05, 3.63) is 59.4 Å². The van der Waals surface area contributed by atoms with Crippen LogP contribution in [0.2, 0.25) is 0 Å². The number of phenolic OH excluding ortho intramolecular Hbond substituents is 1. The maximum Gasteiger partial charge on any atom is 0.137 e. The molecule has 0 aromatic heterocycles. The number of rotatable bonds is 3. The molecule has 0 saturated carbocycles. The summed E-state index contributed by atoms with van der Waals surface area (Å²) in [6.07, 6.45) is 0.967. The summed E-state index contributed by atoms with van der Waals surface area (Å²) < 4.78 is 13.8. The van der Waals surface area contributed by atoms with Gasteiger partial charge in [-0.1, -0.05) is 30.3 Å². The molecule has 104 valence electrons. The van der Waals surface area contributed by atoms with Crippen molar-refractivity contribution >= 4 is 11.8 Å². The maximum absolute atomic E-state index is 13.8. The Labute approximate surface area is 122 Å². The first-order chi connectivity index (χ1) is 9.75. The van der Waals surface area contributed by atoms with E-state index in [4.69, 9.17) is 0 Å². The largest absolute Gasteiger partial charge is 0.508 e. The number of phenols is 1. The Morgan fingerprint density at radius 2 is 2.05 bits per heavy atom. The summed E-state index contributed by atoms with van der Waals surface area (Å²) in [5.74, 6) is 1.07. The van der Waals surface area contributed by atoms with Gasteiger partial charge in [-0.3, -0.25) is 0 Å². The van der Waals surface area contributed by atoms with Gasteiger partial charge < -0.3 is 10.4 Å². The van der Waals surface area contributed by atoms with E-state index in [0.29, 0.717) is 12.3 Å². The van der Waals surface area contributed by atoms with Gasteiger partial charge in [-0.05, 0) is 29.9 Å².